The fourth-order valence-electron chi connectivity index (χ4n) is 3.22. The molecule has 0 bridgehead atoms. The van der Waals surface area contributed by atoms with Crippen molar-refractivity contribution < 1.29 is 14.3 Å². The van der Waals surface area contributed by atoms with E-state index < -0.39 is 0 Å². The van der Waals surface area contributed by atoms with Gasteiger partial charge in [-0.3, -0.25) is 14.5 Å². The molecule has 0 spiro atoms. The van der Waals surface area contributed by atoms with Gasteiger partial charge in [0.2, 0.25) is 5.91 Å². The molecule has 136 valence electrons. The summed E-state index contributed by atoms with van der Waals surface area (Å²) in [6.07, 6.45) is 0. The Labute approximate surface area is 154 Å². The molecule has 5 heteroatoms. The van der Waals surface area contributed by atoms with E-state index >= 15 is 0 Å². The Bertz CT molecular complexity index is 759. The van der Waals surface area contributed by atoms with Gasteiger partial charge in [-0.2, -0.15) is 0 Å². The lowest BCUT2D eigenvalue weighted by Gasteiger charge is -2.38. The van der Waals surface area contributed by atoms with E-state index in [1.54, 1.807) is 11.8 Å². The van der Waals surface area contributed by atoms with Crippen LogP contribution in [0.25, 0.3) is 11.1 Å². The van der Waals surface area contributed by atoms with Gasteiger partial charge >= 0.3 is 5.97 Å². The number of rotatable bonds is 5. The van der Waals surface area contributed by atoms with Crippen LogP contribution in [0.15, 0.2) is 54.6 Å². The second-order valence-corrected chi connectivity index (χ2v) is 6.35. The van der Waals surface area contributed by atoms with Gasteiger partial charge in [-0.1, -0.05) is 42.5 Å². The van der Waals surface area contributed by atoms with Crippen LogP contribution in [-0.4, -0.2) is 49.1 Å². The summed E-state index contributed by atoms with van der Waals surface area (Å²) >= 11 is 0. The van der Waals surface area contributed by atoms with Gasteiger partial charge in [0.15, 0.2) is 0 Å². The van der Waals surface area contributed by atoms with Crippen LogP contribution in [0, 0.1) is 0 Å². The topological polar surface area (TPSA) is 49.9 Å². The smallest absolute Gasteiger partial charge is 0.320 e. The zero-order chi connectivity index (χ0) is 18.5. The van der Waals surface area contributed by atoms with Gasteiger partial charge in [-0.05, 0) is 37.1 Å². The van der Waals surface area contributed by atoms with Gasteiger partial charge in [-0.15, -0.1) is 0 Å². The number of esters is 1. The Hall–Kier alpha value is -2.66. The first-order chi connectivity index (χ1) is 12.6. The third-order valence-electron chi connectivity index (χ3n) is 4.71. The van der Waals surface area contributed by atoms with Gasteiger partial charge in [0.05, 0.1) is 19.2 Å². The van der Waals surface area contributed by atoms with Crippen LogP contribution in [0.1, 0.15) is 13.8 Å². The molecule has 0 aliphatic carbocycles. The number of amides is 1. The Morgan fingerprint density at radius 2 is 1.69 bits per heavy atom. The lowest BCUT2D eigenvalue weighted by atomic mass is 10.0. The van der Waals surface area contributed by atoms with Crippen molar-refractivity contribution in [1.82, 2.24) is 4.90 Å². The third kappa shape index (κ3) is 3.94. The molecule has 2 aromatic carbocycles. The van der Waals surface area contributed by atoms with Crippen molar-refractivity contribution in [2.45, 2.75) is 19.9 Å². The highest BCUT2D eigenvalue weighted by molar-refractivity contribution is 5.98. The van der Waals surface area contributed by atoms with Crippen LogP contribution in [0.3, 0.4) is 0 Å². The third-order valence-corrected chi connectivity index (χ3v) is 4.71. The van der Waals surface area contributed by atoms with E-state index in [1.807, 2.05) is 54.3 Å². The Morgan fingerprint density at radius 1 is 1.04 bits per heavy atom. The molecule has 0 aromatic heterocycles. The Kier molecular flexibility index (Phi) is 5.68. The number of hydrogen-bond acceptors (Lipinski definition) is 4. The average Bonchev–Trinajstić information content (AvgIpc) is 2.67. The average molecular weight is 352 g/mol. The monoisotopic (exact) mass is 352 g/mol. The number of carbonyl (C=O) groups is 2. The highest BCUT2D eigenvalue weighted by Crippen LogP contribution is 2.25. The summed E-state index contributed by atoms with van der Waals surface area (Å²) in [4.78, 5) is 28.1. The van der Waals surface area contributed by atoms with E-state index in [9.17, 15) is 9.59 Å². The number of ether oxygens (including phenoxy) is 1. The number of benzene rings is 2. The van der Waals surface area contributed by atoms with Crippen molar-refractivity contribution >= 4 is 17.6 Å². The predicted molar refractivity (Wildman–Crippen MR) is 102 cm³/mol. The quantitative estimate of drug-likeness (QED) is 0.777. The molecular weight excluding hydrogens is 328 g/mol. The van der Waals surface area contributed by atoms with Gasteiger partial charge < -0.3 is 9.64 Å². The number of nitrogens with zero attached hydrogens (tertiary/aromatic N) is 2. The number of piperazine rings is 1. The molecule has 0 N–H and O–H groups in total. The van der Waals surface area contributed by atoms with Crippen LogP contribution >= 0.6 is 0 Å². The maximum atomic E-state index is 12.8. The summed E-state index contributed by atoms with van der Waals surface area (Å²) in [5, 5.41) is 0. The Balaban J connectivity index is 1.69. The maximum absolute atomic E-state index is 12.8. The molecule has 1 fully saturated rings. The molecule has 1 atom stereocenters. The molecular formula is C21H24N2O3. The van der Waals surface area contributed by atoms with E-state index in [1.165, 1.54) is 0 Å². The molecule has 1 amide bonds. The molecule has 1 saturated heterocycles. The fraction of sp³-hybridized carbons (Fsp3) is 0.333. The molecule has 0 unspecified atom stereocenters. The summed E-state index contributed by atoms with van der Waals surface area (Å²) in [5.41, 5.74) is 3.16. The number of carbonyl (C=O) groups excluding carboxylic acids is 2. The zero-order valence-corrected chi connectivity index (χ0v) is 15.2. The largest absolute Gasteiger partial charge is 0.465 e. The molecule has 3 rings (SSSR count). The minimum Gasteiger partial charge on any atom is -0.465 e. The minimum absolute atomic E-state index is 0.00742. The van der Waals surface area contributed by atoms with Gasteiger partial charge in [-0.25, -0.2) is 0 Å². The van der Waals surface area contributed by atoms with E-state index in [4.69, 9.17) is 4.74 Å². The highest BCUT2D eigenvalue weighted by Gasteiger charge is 2.33. The molecule has 1 aliphatic rings. The second-order valence-electron chi connectivity index (χ2n) is 6.35. The maximum Gasteiger partial charge on any atom is 0.320 e. The van der Waals surface area contributed by atoms with Crippen LogP contribution in [-0.2, 0) is 14.3 Å². The van der Waals surface area contributed by atoms with Crippen molar-refractivity contribution in [3.05, 3.63) is 54.6 Å². The van der Waals surface area contributed by atoms with Crippen molar-refractivity contribution in [2.24, 2.45) is 0 Å². The second kappa shape index (κ2) is 8.15. The van der Waals surface area contributed by atoms with Crippen LogP contribution in [0.5, 0.6) is 0 Å². The normalized spacial score (nSPS) is 18.0. The van der Waals surface area contributed by atoms with E-state index in [-0.39, 0.29) is 24.5 Å². The summed E-state index contributed by atoms with van der Waals surface area (Å²) in [5.74, 6) is -0.277. The first kappa shape index (κ1) is 18.1. The standard InChI is InChI=1S/C21H24N2O3/c1-3-26-20(24)15-22-13-14-23(21(25)16(22)2)19-11-9-18(10-12-19)17-7-5-4-6-8-17/h4-12,16H,3,13-15H2,1-2H3/t16-/m0/s1. The van der Waals surface area contributed by atoms with Crippen molar-refractivity contribution in [2.75, 3.05) is 31.1 Å². The minimum atomic E-state index is -0.345. The molecule has 1 heterocycles. The summed E-state index contributed by atoms with van der Waals surface area (Å²) < 4.78 is 4.99. The van der Waals surface area contributed by atoms with E-state index in [0.717, 1.165) is 16.8 Å². The number of hydrogen-bond donors (Lipinski definition) is 0. The van der Waals surface area contributed by atoms with Gasteiger partial charge in [0, 0.05) is 18.8 Å². The molecule has 2 aromatic rings. The van der Waals surface area contributed by atoms with Crippen LogP contribution in [0.4, 0.5) is 5.69 Å². The molecule has 0 saturated carbocycles. The molecule has 26 heavy (non-hydrogen) atoms. The van der Waals surface area contributed by atoms with Crippen molar-refractivity contribution in [1.29, 1.82) is 0 Å². The first-order valence-corrected chi connectivity index (χ1v) is 8.96. The Morgan fingerprint density at radius 3 is 2.35 bits per heavy atom. The molecule has 0 radical (unpaired) electrons. The lowest BCUT2D eigenvalue weighted by molar-refractivity contribution is -0.145. The lowest BCUT2D eigenvalue weighted by Crippen LogP contribution is -2.57. The summed E-state index contributed by atoms with van der Waals surface area (Å²) in [6, 6.07) is 17.8. The summed E-state index contributed by atoms with van der Waals surface area (Å²) in [6.45, 7) is 5.34. The zero-order valence-electron chi connectivity index (χ0n) is 15.2. The van der Waals surface area contributed by atoms with Gasteiger partial charge in [0.25, 0.3) is 0 Å². The van der Waals surface area contributed by atoms with Crippen LogP contribution in [0.2, 0.25) is 0 Å². The molecule has 5 nitrogen and oxygen atoms in total. The van der Waals surface area contributed by atoms with E-state index in [0.29, 0.717) is 19.7 Å². The fourth-order valence-corrected chi connectivity index (χ4v) is 3.22. The number of anilines is 1. The van der Waals surface area contributed by atoms with Crippen molar-refractivity contribution in [3.63, 3.8) is 0 Å². The molecule has 1 aliphatic heterocycles. The SMILES string of the molecule is CCOC(=O)CN1CCN(c2ccc(-c3ccccc3)cc2)C(=O)[C@@H]1C. The van der Waals surface area contributed by atoms with Gasteiger partial charge in [0.1, 0.15) is 0 Å². The predicted octanol–water partition coefficient (Wildman–Crippen LogP) is 2.95. The highest BCUT2D eigenvalue weighted by atomic mass is 16.5. The van der Waals surface area contributed by atoms with E-state index in [2.05, 4.69) is 12.1 Å². The first-order valence-electron chi connectivity index (χ1n) is 8.96. The van der Waals surface area contributed by atoms with Crippen molar-refractivity contribution in [3.8, 4) is 11.1 Å². The van der Waals surface area contributed by atoms with Crippen LogP contribution < -0.4 is 4.90 Å². The summed E-state index contributed by atoms with van der Waals surface area (Å²) in [7, 11) is 0.